The van der Waals surface area contributed by atoms with Crippen molar-refractivity contribution in [2.24, 2.45) is 0 Å². The Morgan fingerprint density at radius 2 is 1.66 bits per heavy atom. The van der Waals surface area contributed by atoms with E-state index in [1.807, 2.05) is 0 Å². The molecule has 1 aromatic heterocycles. The van der Waals surface area contributed by atoms with Gasteiger partial charge in [-0.2, -0.15) is 0 Å². The first-order valence-corrected chi connectivity index (χ1v) is 11.5. The van der Waals surface area contributed by atoms with Crippen LogP contribution < -0.4 is 4.72 Å². The zero-order valence-corrected chi connectivity index (χ0v) is 18.8. The van der Waals surface area contributed by atoms with Crippen molar-refractivity contribution in [1.29, 1.82) is 0 Å². The lowest BCUT2D eigenvalue weighted by Gasteiger charge is -2.11. The number of aryl methyl sites for hydroxylation is 1. The largest absolute Gasteiger partial charge is 0.288 e. The van der Waals surface area contributed by atoms with E-state index in [0.717, 1.165) is 0 Å². The minimum absolute atomic E-state index is 0.0276. The maximum absolute atomic E-state index is 15.0. The molecule has 0 aliphatic carbocycles. The number of carbonyl (C=O) groups is 1. The number of benzene rings is 3. The van der Waals surface area contributed by atoms with Crippen molar-refractivity contribution in [2.45, 2.75) is 12.8 Å². The maximum atomic E-state index is 15.0. The molecule has 6 nitrogen and oxygen atoms in total. The number of aromatic nitrogens is 2. The molecule has 3 aromatic carbocycles. The van der Waals surface area contributed by atoms with Crippen molar-refractivity contribution in [1.82, 2.24) is 14.7 Å². The number of nitrogens with one attached hydrogen (secondary N) is 1. The Labute approximate surface area is 198 Å². The fraction of sp³-hybridized carbons (Fsp3) is 0.125. The van der Waals surface area contributed by atoms with Crippen LogP contribution in [0.2, 0.25) is 0 Å². The van der Waals surface area contributed by atoms with E-state index in [9.17, 15) is 26.4 Å². The van der Waals surface area contributed by atoms with Crippen LogP contribution in [0.1, 0.15) is 27.9 Å². The third kappa shape index (κ3) is 5.36. The van der Waals surface area contributed by atoms with Crippen LogP contribution in [0, 0.1) is 23.3 Å². The summed E-state index contributed by atoms with van der Waals surface area (Å²) in [7, 11) is -2.84. The number of carbonyl (C=O) groups excluding carboxylic acids is 1. The summed E-state index contributed by atoms with van der Waals surface area (Å²) in [6, 6.07) is 10.2. The summed E-state index contributed by atoms with van der Waals surface area (Å²) in [6.45, 7) is -0.0276. The Morgan fingerprint density at radius 3 is 2.37 bits per heavy atom. The summed E-state index contributed by atoms with van der Waals surface area (Å²) >= 11 is 0. The Morgan fingerprint density at radius 1 is 0.914 bits per heavy atom. The smallest absolute Gasteiger partial charge is 0.201 e. The average Bonchev–Trinajstić information content (AvgIpc) is 2.84. The predicted octanol–water partition coefficient (Wildman–Crippen LogP) is 4.13. The summed E-state index contributed by atoms with van der Waals surface area (Å²) in [5.74, 6) is -5.75. The lowest BCUT2D eigenvalue weighted by atomic mass is 9.97. The molecule has 0 saturated heterocycles. The first-order chi connectivity index (χ1) is 16.7. The molecule has 35 heavy (non-hydrogen) atoms. The molecule has 0 amide bonds. The molecule has 0 unspecified atom stereocenters. The second-order valence-corrected chi connectivity index (χ2v) is 8.41. The first-order valence-electron chi connectivity index (χ1n) is 10.4. The molecule has 0 aliphatic heterocycles. The van der Waals surface area contributed by atoms with E-state index in [-0.39, 0.29) is 36.0 Å². The number of hydrogen-bond acceptors (Lipinski definition) is 5. The van der Waals surface area contributed by atoms with Gasteiger partial charge in [-0.15, -0.1) is 0 Å². The Hall–Kier alpha value is -3.70. The van der Waals surface area contributed by atoms with Gasteiger partial charge in [-0.05, 0) is 66.9 Å². The fourth-order valence-corrected chi connectivity index (χ4v) is 3.88. The molecule has 0 fully saturated rings. The molecule has 0 spiro atoms. The van der Waals surface area contributed by atoms with Crippen molar-refractivity contribution in [2.75, 3.05) is 6.54 Å². The molecule has 0 bridgehead atoms. The van der Waals surface area contributed by atoms with Crippen LogP contribution in [-0.2, 0) is 17.3 Å². The van der Waals surface area contributed by atoms with Crippen molar-refractivity contribution in [3.8, 4) is 11.3 Å². The number of halogens is 4. The predicted molar refractivity (Wildman–Crippen MR) is 121 cm³/mol. The Bertz CT molecular complexity index is 1500. The topological polar surface area (TPSA) is 89.0 Å². The van der Waals surface area contributed by atoms with Gasteiger partial charge in [-0.1, -0.05) is 0 Å². The van der Waals surface area contributed by atoms with Gasteiger partial charge in [0.15, 0.2) is 17.4 Å². The van der Waals surface area contributed by atoms with E-state index in [0.29, 0.717) is 22.8 Å². The Balaban J connectivity index is 1.69. The van der Waals surface area contributed by atoms with E-state index in [4.69, 9.17) is 0 Å². The lowest BCUT2D eigenvalue weighted by Crippen LogP contribution is -2.15. The highest BCUT2D eigenvalue weighted by Gasteiger charge is 2.25. The lowest BCUT2D eigenvalue weighted by molar-refractivity contribution is 0.102. The zero-order chi connectivity index (χ0) is 25.1. The second kappa shape index (κ2) is 10.3. The van der Waals surface area contributed by atoms with Gasteiger partial charge in [0.05, 0.1) is 28.5 Å². The van der Waals surface area contributed by atoms with E-state index in [1.165, 1.54) is 48.7 Å². The summed E-state index contributed by atoms with van der Waals surface area (Å²) < 4.78 is 80.2. The molecule has 180 valence electrons. The van der Waals surface area contributed by atoms with E-state index >= 15 is 4.39 Å². The van der Waals surface area contributed by atoms with Crippen LogP contribution in [-0.4, -0.2) is 30.7 Å². The van der Waals surface area contributed by atoms with Crippen molar-refractivity contribution < 1.29 is 30.8 Å². The molecular weight excluding hydrogens is 486 g/mol. The average molecular weight is 503 g/mol. The van der Waals surface area contributed by atoms with Crippen LogP contribution >= 0.6 is 0 Å². The molecule has 1 heterocycles. The summed E-state index contributed by atoms with van der Waals surface area (Å²) in [6.07, 6.45) is 1.45. The molecule has 11 heteroatoms. The van der Waals surface area contributed by atoms with Crippen LogP contribution in [0.5, 0.6) is 0 Å². The number of rotatable bonds is 8. The second-order valence-electron chi connectivity index (χ2n) is 7.58. The molecular formula is C24H17F4N3O3S. The van der Waals surface area contributed by atoms with Gasteiger partial charge in [0, 0.05) is 17.7 Å². The Kier molecular flexibility index (Phi) is 7.17. The number of fused-ring (bicyclic) bond motifs is 1. The number of nitrogens with zero attached hydrogens (tertiary/aromatic N) is 2. The minimum Gasteiger partial charge on any atom is -0.288 e. The summed E-state index contributed by atoms with van der Waals surface area (Å²) in [5.41, 5.74) is 0.161. The third-order valence-electron chi connectivity index (χ3n) is 5.27. The van der Waals surface area contributed by atoms with Gasteiger partial charge in [0.25, 0.3) is 0 Å². The molecule has 1 N–H and O–H groups in total. The summed E-state index contributed by atoms with van der Waals surface area (Å²) in [4.78, 5) is 21.7. The van der Waals surface area contributed by atoms with Crippen molar-refractivity contribution in [3.63, 3.8) is 0 Å². The normalized spacial score (nSPS) is 11.3. The highest BCUT2D eigenvalue weighted by atomic mass is 32.2. The van der Waals surface area contributed by atoms with Gasteiger partial charge in [-0.3, -0.25) is 9.78 Å². The highest BCUT2D eigenvalue weighted by molar-refractivity contribution is 7.70. The quantitative estimate of drug-likeness (QED) is 0.124. The molecule has 0 aliphatic rings. The SMILES string of the molecule is O=C(c1ccc2ncc(-c3ccc(F)cc3)nc2c1)c1c(F)c(F)cc(CCCN[SH](=O)=O)c1F. The highest BCUT2D eigenvalue weighted by Crippen LogP contribution is 2.26. The van der Waals surface area contributed by atoms with Gasteiger partial charge < -0.3 is 0 Å². The number of ketones is 1. The third-order valence-corrected chi connectivity index (χ3v) is 5.75. The van der Waals surface area contributed by atoms with Crippen LogP contribution in [0.3, 0.4) is 0 Å². The first kappa shape index (κ1) is 24.4. The zero-order valence-electron chi connectivity index (χ0n) is 17.9. The van der Waals surface area contributed by atoms with Crippen molar-refractivity contribution in [3.05, 3.63) is 94.7 Å². The molecule has 4 rings (SSSR count). The van der Waals surface area contributed by atoms with Gasteiger partial charge >= 0.3 is 0 Å². The van der Waals surface area contributed by atoms with Crippen LogP contribution in [0.4, 0.5) is 17.6 Å². The van der Waals surface area contributed by atoms with E-state index in [1.54, 1.807) is 0 Å². The molecule has 0 radical (unpaired) electrons. The van der Waals surface area contributed by atoms with Crippen molar-refractivity contribution >= 4 is 27.7 Å². The monoisotopic (exact) mass is 503 g/mol. The van der Waals surface area contributed by atoms with E-state index < -0.39 is 45.5 Å². The van der Waals surface area contributed by atoms with E-state index in [2.05, 4.69) is 14.7 Å². The molecule has 0 saturated carbocycles. The van der Waals surface area contributed by atoms with Gasteiger partial charge in [-0.25, -0.2) is 35.7 Å². The standard InChI is InChI=1S/C24H17F4N3O3S/c25-16-6-3-13(4-7-16)20-12-29-18-8-5-15(11-19(18)31-20)24(32)21-22(27)14(10-17(26)23(21)28)2-1-9-30-35(33)34/h3-8,10-12,35H,1-2,9H2,(H,30,33,34). The van der Waals surface area contributed by atoms with Gasteiger partial charge in [0.2, 0.25) is 10.9 Å². The van der Waals surface area contributed by atoms with Crippen LogP contribution in [0.25, 0.3) is 22.3 Å². The van der Waals surface area contributed by atoms with Crippen LogP contribution in [0.15, 0.2) is 54.7 Å². The summed E-state index contributed by atoms with van der Waals surface area (Å²) in [5, 5.41) is 0. The van der Waals surface area contributed by atoms with Gasteiger partial charge in [0.1, 0.15) is 11.6 Å². The maximum Gasteiger partial charge on any atom is 0.201 e. The minimum atomic E-state index is -2.84. The number of thiol groups is 1. The molecule has 0 atom stereocenters. The molecule has 4 aromatic rings. The number of hydrogen-bond donors (Lipinski definition) is 2. The fourth-order valence-electron chi connectivity index (χ4n) is 3.54.